The van der Waals surface area contributed by atoms with Crippen molar-refractivity contribution in [3.63, 3.8) is 0 Å². The van der Waals surface area contributed by atoms with Crippen molar-refractivity contribution in [3.8, 4) is 0 Å². The van der Waals surface area contributed by atoms with E-state index in [0.29, 0.717) is 0 Å². The number of fused-ring (bicyclic) bond motifs is 1. The first-order valence-corrected chi connectivity index (χ1v) is 10.2. The Bertz CT molecular complexity index is 1010. The second-order valence-corrected chi connectivity index (χ2v) is 7.29. The molecule has 0 aliphatic heterocycles. The predicted octanol–water partition coefficient (Wildman–Crippen LogP) is 3.59. The van der Waals surface area contributed by atoms with E-state index in [4.69, 9.17) is 0 Å². The quantitative estimate of drug-likeness (QED) is 0.232. The van der Waals surface area contributed by atoms with E-state index in [9.17, 15) is 0 Å². The first-order chi connectivity index (χ1) is 13.9. The van der Waals surface area contributed by atoms with Crippen LogP contribution in [0.5, 0.6) is 0 Å². The molecule has 0 fully saturated rings. The number of imidazole rings is 1. The summed E-state index contributed by atoms with van der Waals surface area (Å²) in [6.07, 6.45) is 0. The van der Waals surface area contributed by atoms with E-state index in [-0.39, 0.29) is 0 Å². The Morgan fingerprint density at radius 1 is 0.893 bits per heavy atom. The lowest BCUT2D eigenvalue weighted by Gasteiger charge is -2.04. The van der Waals surface area contributed by atoms with Crippen molar-refractivity contribution >= 4 is 45.3 Å². The minimum atomic E-state index is 0.793. The molecule has 0 bridgehead atoms. The Kier molecular flexibility index (Phi) is 5.89. The number of nitrogens with one attached hydrogen (secondary N) is 4. The van der Waals surface area contributed by atoms with Crippen molar-refractivity contribution in [2.24, 2.45) is 0 Å². The molecule has 4 rings (SSSR count). The van der Waals surface area contributed by atoms with Gasteiger partial charge in [0.05, 0.1) is 11.0 Å². The largest absolute Gasteiger partial charge is 0.355 e. The number of anilines is 2. The van der Waals surface area contributed by atoms with E-state index in [2.05, 4.69) is 49.9 Å². The molecule has 5 nitrogen and oxygen atoms in total. The zero-order valence-corrected chi connectivity index (χ0v) is 16.2. The van der Waals surface area contributed by atoms with Crippen molar-refractivity contribution in [1.29, 1.82) is 0 Å². The highest BCUT2D eigenvalue weighted by atomic mass is 32.2. The van der Waals surface area contributed by atoms with Crippen molar-refractivity contribution in [3.05, 3.63) is 84.9 Å². The van der Waals surface area contributed by atoms with Gasteiger partial charge >= 0.3 is 5.17 Å². The Morgan fingerprint density at radius 2 is 1.61 bits per heavy atom. The average Bonchev–Trinajstić information content (AvgIpc) is 3.15. The average molecular weight is 389 g/mol. The molecule has 28 heavy (non-hydrogen) atoms. The van der Waals surface area contributed by atoms with Gasteiger partial charge in [-0.05, 0) is 48.2 Å². The highest BCUT2D eigenvalue weighted by Gasteiger charge is 2.10. The van der Waals surface area contributed by atoms with Crippen molar-refractivity contribution in [2.45, 2.75) is 0 Å². The van der Waals surface area contributed by atoms with E-state index < -0.39 is 0 Å². The van der Waals surface area contributed by atoms with Crippen LogP contribution in [0.25, 0.3) is 11.0 Å². The molecule has 4 aromatic rings. The van der Waals surface area contributed by atoms with Gasteiger partial charge < -0.3 is 10.3 Å². The van der Waals surface area contributed by atoms with E-state index in [1.54, 1.807) is 11.8 Å². The van der Waals surface area contributed by atoms with Crippen molar-refractivity contribution in [1.82, 2.24) is 9.97 Å². The van der Waals surface area contributed by atoms with Crippen LogP contribution in [0.15, 0.2) is 84.9 Å². The first-order valence-electron chi connectivity index (χ1n) is 9.19. The number of hydrogen-bond acceptors (Lipinski definition) is 3. The third-order valence-corrected chi connectivity index (χ3v) is 4.99. The fourth-order valence-electron chi connectivity index (χ4n) is 2.77. The van der Waals surface area contributed by atoms with Gasteiger partial charge in [0.2, 0.25) is 5.95 Å². The molecule has 3 aromatic carbocycles. The SMILES string of the molecule is c1ccc(NC(=[NH+]c2ccccc2)SCCNc2nc3ccccc3[nH]2)cc1. The minimum Gasteiger partial charge on any atom is -0.355 e. The van der Waals surface area contributed by atoms with Gasteiger partial charge in [0.1, 0.15) is 11.4 Å². The molecule has 0 atom stereocenters. The number of para-hydroxylation sites is 4. The molecule has 1 heterocycles. The lowest BCUT2D eigenvalue weighted by Crippen LogP contribution is -2.67. The zero-order chi connectivity index (χ0) is 19.0. The van der Waals surface area contributed by atoms with Crippen LogP contribution in [0.1, 0.15) is 0 Å². The lowest BCUT2D eigenvalue weighted by atomic mass is 10.3. The second kappa shape index (κ2) is 9.10. The maximum absolute atomic E-state index is 4.55. The minimum absolute atomic E-state index is 0.793. The molecule has 0 spiro atoms. The zero-order valence-electron chi connectivity index (χ0n) is 15.4. The first kappa shape index (κ1) is 18.1. The molecule has 0 saturated carbocycles. The summed E-state index contributed by atoms with van der Waals surface area (Å²) in [5.74, 6) is 1.68. The molecule has 0 aliphatic rings. The summed E-state index contributed by atoms with van der Waals surface area (Å²) >= 11 is 1.73. The van der Waals surface area contributed by atoms with Gasteiger partial charge in [0.25, 0.3) is 0 Å². The highest BCUT2D eigenvalue weighted by Crippen LogP contribution is 2.14. The van der Waals surface area contributed by atoms with Gasteiger partial charge in [0.15, 0.2) is 0 Å². The summed E-state index contributed by atoms with van der Waals surface area (Å²) < 4.78 is 0. The molecule has 140 valence electrons. The van der Waals surface area contributed by atoms with Crippen molar-refractivity contribution in [2.75, 3.05) is 22.9 Å². The standard InChI is InChI=1S/C22H21N5S/c1-3-9-17(10-4-1)24-22(25-18-11-5-2-6-12-18)28-16-15-23-21-26-19-13-7-8-14-20(19)27-21/h1-14H,15-16H2,(H,24,25)(H2,23,26,27)/p+1. The molecule has 0 saturated heterocycles. The van der Waals surface area contributed by atoms with Crippen LogP contribution >= 0.6 is 11.8 Å². The van der Waals surface area contributed by atoms with Crippen LogP contribution in [0, 0.1) is 0 Å². The van der Waals surface area contributed by atoms with Crippen LogP contribution in [-0.2, 0) is 0 Å². The van der Waals surface area contributed by atoms with Gasteiger partial charge in [-0.15, -0.1) is 0 Å². The number of H-pyrrole nitrogens is 1. The van der Waals surface area contributed by atoms with Crippen LogP contribution in [0.4, 0.5) is 17.3 Å². The maximum atomic E-state index is 4.55. The fraction of sp³-hybridized carbons (Fsp3) is 0.0909. The number of rotatable bonds is 6. The molecule has 0 aliphatic carbocycles. The summed E-state index contributed by atoms with van der Waals surface area (Å²) in [5.41, 5.74) is 4.13. The Labute approximate surface area is 168 Å². The molecule has 0 radical (unpaired) electrons. The maximum Gasteiger partial charge on any atom is 0.314 e. The molecule has 0 amide bonds. The fourth-order valence-corrected chi connectivity index (χ4v) is 3.56. The van der Waals surface area contributed by atoms with Crippen LogP contribution in [0.2, 0.25) is 0 Å². The van der Waals surface area contributed by atoms with E-state index in [1.807, 2.05) is 60.7 Å². The summed E-state index contributed by atoms with van der Waals surface area (Å²) in [5, 5.41) is 7.82. The Morgan fingerprint density at radius 3 is 2.39 bits per heavy atom. The molecule has 0 unspecified atom stereocenters. The molecular formula is C22H22N5S+. The van der Waals surface area contributed by atoms with Crippen LogP contribution in [-0.4, -0.2) is 27.4 Å². The third-order valence-electron chi connectivity index (χ3n) is 4.09. The number of hydrogen-bond donors (Lipinski definition) is 4. The topological polar surface area (TPSA) is 66.7 Å². The highest BCUT2D eigenvalue weighted by molar-refractivity contribution is 8.13. The normalized spacial score (nSPS) is 11.5. The van der Waals surface area contributed by atoms with Gasteiger partial charge in [-0.2, -0.15) is 0 Å². The monoisotopic (exact) mass is 388 g/mol. The molecular weight excluding hydrogens is 366 g/mol. The van der Waals surface area contributed by atoms with Crippen molar-refractivity contribution < 1.29 is 4.99 Å². The second-order valence-electron chi connectivity index (χ2n) is 6.19. The molecule has 4 N–H and O–H groups in total. The summed E-state index contributed by atoms with van der Waals surface area (Å²) in [6.45, 7) is 0.793. The van der Waals surface area contributed by atoms with Gasteiger partial charge in [-0.3, -0.25) is 0 Å². The van der Waals surface area contributed by atoms with Gasteiger partial charge in [-0.1, -0.05) is 48.5 Å². The van der Waals surface area contributed by atoms with E-state index in [1.165, 1.54) is 0 Å². The lowest BCUT2D eigenvalue weighted by molar-refractivity contribution is -0.349. The predicted molar refractivity (Wildman–Crippen MR) is 119 cm³/mol. The van der Waals surface area contributed by atoms with Crippen LogP contribution < -0.4 is 15.6 Å². The smallest absolute Gasteiger partial charge is 0.314 e. The van der Waals surface area contributed by atoms with E-state index >= 15 is 0 Å². The number of aromatic amines is 1. The number of benzene rings is 3. The summed E-state index contributed by atoms with van der Waals surface area (Å²) in [7, 11) is 0. The summed E-state index contributed by atoms with van der Waals surface area (Å²) in [6, 6.07) is 28.4. The van der Waals surface area contributed by atoms with E-state index in [0.717, 1.165) is 45.8 Å². The number of aromatic nitrogens is 2. The van der Waals surface area contributed by atoms with Gasteiger partial charge in [0, 0.05) is 12.3 Å². The Balaban J connectivity index is 1.38. The molecule has 6 heteroatoms. The third kappa shape index (κ3) is 4.92. The summed E-state index contributed by atoms with van der Waals surface area (Å²) in [4.78, 5) is 11.3. The Hall–Kier alpha value is -3.25. The number of nitrogens with zero attached hydrogens (tertiary/aromatic N) is 1. The van der Waals surface area contributed by atoms with Gasteiger partial charge in [-0.25, -0.2) is 15.3 Å². The number of thioether (sulfide) groups is 1. The number of amidine groups is 1. The van der Waals surface area contributed by atoms with Crippen LogP contribution in [0.3, 0.4) is 0 Å². The molecule has 1 aromatic heterocycles.